The molecule has 1 saturated carbocycles. The van der Waals surface area contributed by atoms with E-state index in [1.807, 2.05) is 0 Å². The molecule has 1 aliphatic heterocycles. The number of nitrogens with zero attached hydrogens (tertiary/aromatic N) is 2. The van der Waals surface area contributed by atoms with E-state index in [0.29, 0.717) is 19.0 Å². The summed E-state index contributed by atoms with van der Waals surface area (Å²) in [6.07, 6.45) is 3.09. The second kappa shape index (κ2) is 2.87. The van der Waals surface area contributed by atoms with Crippen molar-refractivity contribution >= 4 is 5.78 Å². The predicted molar refractivity (Wildman–Crippen MR) is 43.3 cm³/mol. The van der Waals surface area contributed by atoms with E-state index in [1.54, 1.807) is 0 Å². The van der Waals surface area contributed by atoms with Crippen molar-refractivity contribution in [3.8, 4) is 6.07 Å². The average Bonchev–Trinajstić information content (AvgIpc) is 2.88. The molecule has 1 aliphatic carbocycles. The van der Waals surface area contributed by atoms with Crippen LogP contribution in [-0.2, 0) is 4.79 Å². The summed E-state index contributed by atoms with van der Waals surface area (Å²) in [4.78, 5) is 13.5. The van der Waals surface area contributed by atoms with Crippen LogP contribution in [-0.4, -0.2) is 29.8 Å². The fraction of sp³-hybridized carbons (Fsp3) is 0.778. The van der Waals surface area contributed by atoms with Gasteiger partial charge >= 0.3 is 0 Å². The van der Waals surface area contributed by atoms with Crippen LogP contribution in [0.2, 0.25) is 0 Å². The lowest BCUT2D eigenvalue weighted by Gasteiger charge is -2.28. The molecule has 1 unspecified atom stereocenters. The smallest absolute Gasteiger partial charge is 0.152 e. The normalized spacial score (nSPS) is 31.6. The Morgan fingerprint density at radius 3 is 2.83 bits per heavy atom. The van der Waals surface area contributed by atoms with Crippen LogP contribution < -0.4 is 0 Å². The first-order valence-corrected chi connectivity index (χ1v) is 4.47. The van der Waals surface area contributed by atoms with Crippen molar-refractivity contribution in [1.82, 2.24) is 4.90 Å². The van der Waals surface area contributed by atoms with Gasteiger partial charge in [-0.15, -0.1) is 0 Å². The van der Waals surface area contributed by atoms with Crippen molar-refractivity contribution in [2.75, 3.05) is 13.1 Å². The molecule has 64 valence electrons. The Balaban J connectivity index is 1.97. The Labute approximate surface area is 72.0 Å². The number of rotatable bonds is 1. The minimum Gasteiger partial charge on any atom is -0.298 e. The molecule has 0 radical (unpaired) electrons. The van der Waals surface area contributed by atoms with E-state index in [4.69, 9.17) is 5.26 Å². The molecule has 0 bridgehead atoms. The highest BCUT2D eigenvalue weighted by Crippen LogP contribution is 2.29. The maximum atomic E-state index is 11.2. The molecule has 1 atom stereocenters. The van der Waals surface area contributed by atoms with Crippen molar-refractivity contribution < 1.29 is 4.79 Å². The molecule has 0 spiro atoms. The lowest BCUT2D eigenvalue weighted by molar-refractivity contribution is -0.124. The van der Waals surface area contributed by atoms with Crippen LogP contribution in [0.5, 0.6) is 0 Å². The molecule has 0 amide bonds. The maximum Gasteiger partial charge on any atom is 0.152 e. The Morgan fingerprint density at radius 1 is 1.50 bits per heavy atom. The molecule has 2 rings (SSSR count). The van der Waals surface area contributed by atoms with Crippen LogP contribution in [0.3, 0.4) is 0 Å². The number of piperidine rings is 1. The van der Waals surface area contributed by atoms with Crippen LogP contribution in [0.15, 0.2) is 0 Å². The van der Waals surface area contributed by atoms with Gasteiger partial charge < -0.3 is 0 Å². The summed E-state index contributed by atoms with van der Waals surface area (Å²) in [5.41, 5.74) is 0. The highest BCUT2D eigenvalue weighted by molar-refractivity contribution is 5.84. The van der Waals surface area contributed by atoms with Gasteiger partial charge in [-0.2, -0.15) is 5.26 Å². The number of Topliss-reactive ketones (excluding diaryl/α,β-unsaturated/α-hetero) is 1. The lowest BCUT2D eigenvalue weighted by atomic mass is 9.98. The summed E-state index contributed by atoms with van der Waals surface area (Å²) in [6.45, 7) is 1.56. The SMILES string of the molecule is N#CC1CN(C2CC2)CCC1=O. The first kappa shape index (κ1) is 7.75. The van der Waals surface area contributed by atoms with Crippen LogP contribution in [0.25, 0.3) is 0 Å². The second-order valence-electron chi connectivity index (χ2n) is 3.62. The Bertz CT molecular complexity index is 239. The molecule has 12 heavy (non-hydrogen) atoms. The summed E-state index contributed by atoms with van der Waals surface area (Å²) in [7, 11) is 0. The van der Waals surface area contributed by atoms with E-state index < -0.39 is 0 Å². The third-order valence-corrected chi connectivity index (χ3v) is 2.67. The molecule has 3 heteroatoms. The molecular formula is C9H12N2O. The van der Waals surface area contributed by atoms with Gasteiger partial charge in [-0.1, -0.05) is 0 Å². The van der Waals surface area contributed by atoms with Gasteiger partial charge in [0.25, 0.3) is 0 Å². The largest absolute Gasteiger partial charge is 0.298 e. The molecule has 1 heterocycles. The summed E-state index contributed by atoms with van der Waals surface area (Å²) >= 11 is 0. The number of hydrogen-bond acceptors (Lipinski definition) is 3. The predicted octanol–water partition coefficient (Wildman–Crippen LogP) is 0.563. The van der Waals surface area contributed by atoms with Gasteiger partial charge in [0.2, 0.25) is 0 Å². The number of nitriles is 1. The van der Waals surface area contributed by atoms with Gasteiger partial charge in [0, 0.05) is 25.6 Å². The summed E-state index contributed by atoms with van der Waals surface area (Å²) in [5, 5.41) is 8.68. The average molecular weight is 164 g/mol. The number of carbonyl (C=O) groups is 1. The highest BCUT2D eigenvalue weighted by atomic mass is 16.1. The third-order valence-electron chi connectivity index (χ3n) is 2.67. The molecule has 0 aromatic heterocycles. The number of likely N-dealkylation sites (tertiary alicyclic amines) is 1. The zero-order chi connectivity index (χ0) is 8.55. The van der Waals surface area contributed by atoms with Crippen molar-refractivity contribution in [2.24, 2.45) is 5.92 Å². The Kier molecular flexibility index (Phi) is 1.86. The van der Waals surface area contributed by atoms with Crippen LogP contribution >= 0.6 is 0 Å². The van der Waals surface area contributed by atoms with Gasteiger partial charge in [-0.25, -0.2) is 0 Å². The van der Waals surface area contributed by atoms with E-state index in [9.17, 15) is 4.79 Å². The molecular weight excluding hydrogens is 152 g/mol. The maximum absolute atomic E-state index is 11.2. The van der Waals surface area contributed by atoms with Crippen LogP contribution in [0, 0.1) is 17.2 Å². The molecule has 2 fully saturated rings. The minimum absolute atomic E-state index is 0.134. The lowest BCUT2D eigenvalue weighted by Crippen LogP contribution is -2.41. The van der Waals surface area contributed by atoms with Crippen LogP contribution in [0.1, 0.15) is 19.3 Å². The topological polar surface area (TPSA) is 44.1 Å². The van der Waals surface area contributed by atoms with Crippen LogP contribution in [0.4, 0.5) is 0 Å². The molecule has 0 N–H and O–H groups in total. The zero-order valence-electron chi connectivity index (χ0n) is 6.99. The molecule has 0 aromatic rings. The van der Waals surface area contributed by atoms with E-state index in [2.05, 4.69) is 11.0 Å². The van der Waals surface area contributed by atoms with Gasteiger partial charge in [0.05, 0.1) is 6.07 Å². The number of ketones is 1. The Morgan fingerprint density at radius 2 is 2.25 bits per heavy atom. The van der Waals surface area contributed by atoms with Crippen molar-refractivity contribution in [2.45, 2.75) is 25.3 Å². The highest BCUT2D eigenvalue weighted by Gasteiger charge is 2.35. The monoisotopic (exact) mass is 164 g/mol. The van der Waals surface area contributed by atoms with E-state index in [1.165, 1.54) is 12.8 Å². The van der Waals surface area contributed by atoms with Crippen molar-refractivity contribution in [3.63, 3.8) is 0 Å². The number of hydrogen-bond donors (Lipinski definition) is 0. The molecule has 0 aromatic carbocycles. The standard InChI is InChI=1S/C9H12N2O/c10-5-7-6-11(8-1-2-8)4-3-9(7)12/h7-8H,1-4,6H2. The quantitative estimate of drug-likeness (QED) is 0.569. The van der Waals surface area contributed by atoms with Gasteiger partial charge in [0.15, 0.2) is 5.78 Å². The van der Waals surface area contributed by atoms with Gasteiger partial charge in [-0.3, -0.25) is 9.69 Å². The van der Waals surface area contributed by atoms with E-state index in [-0.39, 0.29) is 11.7 Å². The third kappa shape index (κ3) is 1.35. The zero-order valence-corrected chi connectivity index (χ0v) is 6.99. The molecule has 1 saturated heterocycles. The number of carbonyl (C=O) groups excluding carboxylic acids is 1. The summed E-state index contributed by atoms with van der Waals surface area (Å²) in [6, 6.07) is 2.76. The van der Waals surface area contributed by atoms with E-state index >= 15 is 0 Å². The van der Waals surface area contributed by atoms with Gasteiger partial charge in [0.1, 0.15) is 5.92 Å². The minimum atomic E-state index is -0.348. The van der Waals surface area contributed by atoms with E-state index in [0.717, 1.165) is 6.54 Å². The Hall–Kier alpha value is -0.880. The first-order valence-electron chi connectivity index (χ1n) is 4.47. The molecule has 3 nitrogen and oxygen atoms in total. The fourth-order valence-corrected chi connectivity index (χ4v) is 1.74. The van der Waals surface area contributed by atoms with Crippen molar-refractivity contribution in [3.05, 3.63) is 0 Å². The fourth-order valence-electron chi connectivity index (χ4n) is 1.74. The summed E-state index contributed by atoms with van der Waals surface area (Å²) < 4.78 is 0. The second-order valence-corrected chi connectivity index (χ2v) is 3.62. The van der Waals surface area contributed by atoms with Gasteiger partial charge in [-0.05, 0) is 12.8 Å². The first-order chi connectivity index (χ1) is 5.81. The molecule has 2 aliphatic rings. The summed E-state index contributed by atoms with van der Waals surface area (Å²) in [5.74, 6) is -0.214. The van der Waals surface area contributed by atoms with Crippen molar-refractivity contribution in [1.29, 1.82) is 5.26 Å².